The normalized spacial score (nSPS) is 12.4. The van der Waals surface area contributed by atoms with Crippen molar-refractivity contribution in [1.29, 1.82) is 0 Å². The molecule has 0 aromatic heterocycles. The monoisotopic (exact) mass is 295 g/mol. The molecule has 0 saturated carbocycles. The zero-order valence-electron chi connectivity index (χ0n) is 12.8. The van der Waals surface area contributed by atoms with Gasteiger partial charge in [-0.15, -0.1) is 0 Å². The van der Waals surface area contributed by atoms with E-state index in [1.54, 1.807) is 6.92 Å². The van der Waals surface area contributed by atoms with Gasteiger partial charge >= 0.3 is 5.97 Å². The summed E-state index contributed by atoms with van der Waals surface area (Å²) in [6.07, 6.45) is 0.265. The standard InChI is InChI=1S/C16H25NO4/c1-3-21-15(18)10-7-11-17(13-16(19)20-2)12-14-8-5-4-6-9-14/h4-6,8-9,16,19H,3,7,10-13H2,1-2H3. The number of hydrogen-bond donors (Lipinski definition) is 1. The summed E-state index contributed by atoms with van der Waals surface area (Å²) in [7, 11) is 1.48. The Labute approximate surface area is 126 Å². The van der Waals surface area contributed by atoms with Gasteiger partial charge < -0.3 is 14.6 Å². The van der Waals surface area contributed by atoms with Gasteiger partial charge in [0.25, 0.3) is 0 Å². The maximum atomic E-state index is 11.3. The van der Waals surface area contributed by atoms with Crippen LogP contribution in [0.1, 0.15) is 25.3 Å². The summed E-state index contributed by atoms with van der Waals surface area (Å²) in [6, 6.07) is 10.0. The lowest BCUT2D eigenvalue weighted by molar-refractivity contribution is -0.143. The van der Waals surface area contributed by atoms with Crippen LogP contribution in [0.4, 0.5) is 0 Å². The van der Waals surface area contributed by atoms with Gasteiger partial charge in [0.05, 0.1) is 6.61 Å². The Morgan fingerprint density at radius 3 is 2.67 bits per heavy atom. The molecule has 1 rings (SSSR count). The first-order valence-electron chi connectivity index (χ1n) is 7.28. The third-order valence-corrected chi connectivity index (χ3v) is 3.10. The SMILES string of the molecule is CCOC(=O)CCCN(Cc1ccccc1)CC(O)OC. The first kappa shape index (κ1) is 17.6. The van der Waals surface area contributed by atoms with Crippen LogP contribution in [0.25, 0.3) is 0 Å². The van der Waals surface area contributed by atoms with E-state index in [1.165, 1.54) is 7.11 Å². The Kier molecular flexibility index (Phi) is 8.66. The number of rotatable bonds is 10. The molecule has 0 heterocycles. The van der Waals surface area contributed by atoms with Crippen LogP contribution in [0, 0.1) is 0 Å². The Balaban J connectivity index is 2.46. The number of benzene rings is 1. The van der Waals surface area contributed by atoms with Crippen LogP contribution in [0.3, 0.4) is 0 Å². The van der Waals surface area contributed by atoms with E-state index in [1.807, 2.05) is 30.3 Å². The average Bonchev–Trinajstić information content (AvgIpc) is 2.48. The average molecular weight is 295 g/mol. The van der Waals surface area contributed by atoms with Gasteiger partial charge in [0, 0.05) is 26.6 Å². The van der Waals surface area contributed by atoms with Crippen molar-refractivity contribution in [2.75, 3.05) is 26.8 Å². The van der Waals surface area contributed by atoms with E-state index in [9.17, 15) is 9.90 Å². The molecule has 1 unspecified atom stereocenters. The van der Waals surface area contributed by atoms with E-state index >= 15 is 0 Å². The largest absolute Gasteiger partial charge is 0.466 e. The van der Waals surface area contributed by atoms with Crippen LogP contribution in [0.2, 0.25) is 0 Å². The minimum Gasteiger partial charge on any atom is -0.466 e. The highest BCUT2D eigenvalue weighted by atomic mass is 16.6. The van der Waals surface area contributed by atoms with Gasteiger partial charge in [-0.3, -0.25) is 9.69 Å². The molecule has 0 aliphatic rings. The number of ether oxygens (including phenoxy) is 2. The minimum absolute atomic E-state index is 0.176. The molecule has 1 N–H and O–H groups in total. The second-order valence-corrected chi connectivity index (χ2v) is 4.82. The van der Waals surface area contributed by atoms with Gasteiger partial charge in [0.2, 0.25) is 0 Å². The summed E-state index contributed by atoms with van der Waals surface area (Å²) in [5, 5.41) is 9.64. The number of carbonyl (C=O) groups is 1. The summed E-state index contributed by atoms with van der Waals surface area (Å²) in [4.78, 5) is 13.4. The van der Waals surface area contributed by atoms with E-state index in [4.69, 9.17) is 9.47 Å². The molecule has 0 aliphatic heterocycles. The second kappa shape index (κ2) is 10.3. The van der Waals surface area contributed by atoms with E-state index in [0.717, 1.165) is 5.56 Å². The number of methoxy groups -OCH3 is 1. The number of esters is 1. The number of hydrogen-bond acceptors (Lipinski definition) is 5. The van der Waals surface area contributed by atoms with Gasteiger partial charge in [-0.05, 0) is 25.5 Å². The molecule has 0 spiro atoms. The van der Waals surface area contributed by atoms with Crippen molar-refractivity contribution >= 4 is 5.97 Å². The molecule has 0 fully saturated rings. The zero-order valence-corrected chi connectivity index (χ0v) is 12.8. The van der Waals surface area contributed by atoms with Crippen LogP contribution in [0.5, 0.6) is 0 Å². The summed E-state index contributed by atoms with van der Waals surface area (Å²) in [6.45, 7) is 4.04. The van der Waals surface area contributed by atoms with E-state index in [0.29, 0.717) is 39.1 Å². The van der Waals surface area contributed by atoms with Crippen LogP contribution >= 0.6 is 0 Å². The molecular formula is C16H25NO4. The smallest absolute Gasteiger partial charge is 0.305 e. The number of carbonyl (C=O) groups excluding carboxylic acids is 1. The molecular weight excluding hydrogens is 270 g/mol. The molecule has 5 heteroatoms. The Bertz CT molecular complexity index is 397. The van der Waals surface area contributed by atoms with E-state index < -0.39 is 6.29 Å². The molecule has 0 bridgehead atoms. The predicted octanol–water partition coefficient (Wildman–Crippen LogP) is 1.80. The predicted molar refractivity (Wildman–Crippen MR) is 80.6 cm³/mol. The van der Waals surface area contributed by atoms with Crippen molar-refractivity contribution in [3.63, 3.8) is 0 Å². The van der Waals surface area contributed by atoms with Gasteiger partial charge in [-0.2, -0.15) is 0 Å². The van der Waals surface area contributed by atoms with Crippen molar-refractivity contribution in [2.24, 2.45) is 0 Å². The lowest BCUT2D eigenvalue weighted by Gasteiger charge is -2.24. The molecule has 21 heavy (non-hydrogen) atoms. The summed E-state index contributed by atoms with van der Waals surface area (Å²) in [5.41, 5.74) is 1.16. The molecule has 5 nitrogen and oxygen atoms in total. The van der Waals surface area contributed by atoms with E-state index in [2.05, 4.69) is 4.90 Å². The van der Waals surface area contributed by atoms with Crippen LogP contribution < -0.4 is 0 Å². The molecule has 1 aromatic carbocycles. The lowest BCUT2D eigenvalue weighted by Crippen LogP contribution is -2.34. The quantitative estimate of drug-likeness (QED) is 0.527. The first-order chi connectivity index (χ1) is 10.2. The molecule has 118 valence electrons. The fourth-order valence-electron chi connectivity index (χ4n) is 2.05. The Morgan fingerprint density at radius 2 is 2.05 bits per heavy atom. The fourth-order valence-corrected chi connectivity index (χ4v) is 2.05. The Hall–Kier alpha value is -1.43. The lowest BCUT2D eigenvalue weighted by atomic mass is 10.2. The van der Waals surface area contributed by atoms with Crippen LogP contribution in [-0.2, 0) is 20.8 Å². The maximum absolute atomic E-state index is 11.3. The zero-order chi connectivity index (χ0) is 15.5. The topological polar surface area (TPSA) is 59.0 Å². The Morgan fingerprint density at radius 1 is 1.33 bits per heavy atom. The molecule has 0 saturated heterocycles. The van der Waals surface area contributed by atoms with Crippen molar-refractivity contribution < 1.29 is 19.4 Å². The number of aliphatic hydroxyl groups is 1. The number of nitrogens with zero attached hydrogens (tertiary/aromatic N) is 1. The minimum atomic E-state index is -0.823. The summed E-state index contributed by atoms with van der Waals surface area (Å²) >= 11 is 0. The third kappa shape index (κ3) is 7.80. The third-order valence-electron chi connectivity index (χ3n) is 3.10. The molecule has 0 radical (unpaired) electrons. The number of aliphatic hydroxyl groups excluding tert-OH is 1. The maximum Gasteiger partial charge on any atom is 0.305 e. The van der Waals surface area contributed by atoms with Crippen LogP contribution in [0.15, 0.2) is 30.3 Å². The highest BCUT2D eigenvalue weighted by Crippen LogP contribution is 2.07. The highest BCUT2D eigenvalue weighted by Gasteiger charge is 2.12. The fraction of sp³-hybridized carbons (Fsp3) is 0.562. The van der Waals surface area contributed by atoms with Crippen molar-refractivity contribution in [2.45, 2.75) is 32.6 Å². The van der Waals surface area contributed by atoms with Crippen LogP contribution in [-0.4, -0.2) is 49.1 Å². The summed E-state index contributed by atoms with van der Waals surface area (Å²) < 4.78 is 9.82. The van der Waals surface area contributed by atoms with Gasteiger partial charge in [-0.1, -0.05) is 30.3 Å². The van der Waals surface area contributed by atoms with E-state index in [-0.39, 0.29) is 5.97 Å². The van der Waals surface area contributed by atoms with Gasteiger partial charge in [-0.25, -0.2) is 0 Å². The molecule has 0 aliphatic carbocycles. The van der Waals surface area contributed by atoms with Crippen molar-refractivity contribution in [1.82, 2.24) is 4.90 Å². The highest BCUT2D eigenvalue weighted by molar-refractivity contribution is 5.69. The molecule has 1 atom stereocenters. The molecule has 1 aromatic rings. The summed E-state index contributed by atoms with van der Waals surface area (Å²) in [5.74, 6) is -0.176. The molecule has 0 amide bonds. The second-order valence-electron chi connectivity index (χ2n) is 4.82. The van der Waals surface area contributed by atoms with Gasteiger partial charge in [0.15, 0.2) is 6.29 Å². The van der Waals surface area contributed by atoms with Gasteiger partial charge in [0.1, 0.15) is 0 Å². The van der Waals surface area contributed by atoms with Crippen molar-refractivity contribution in [3.05, 3.63) is 35.9 Å². The van der Waals surface area contributed by atoms with Crippen molar-refractivity contribution in [3.8, 4) is 0 Å². The first-order valence-corrected chi connectivity index (χ1v) is 7.28.